The highest BCUT2D eigenvalue weighted by molar-refractivity contribution is 7.86. The number of alkyl halides is 2. The van der Waals surface area contributed by atoms with Crippen LogP contribution in [0, 0.1) is 0 Å². The van der Waals surface area contributed by atoms with E-state index in [1.54, 1.807) is 6.20 Å². The lowest BCUT2D eigenvalue weighted by Crippen LogP contribution is -2.44. The highest BCUT2D eigenvalue weighted by atomic mass is 31.3. The number of hydrogen-bond acceptors (Lipinski definition) is 12. The summed E-state index contributed by atoms with van der Waals surface area (Å²) < 4.78 is 79.0. The molecule has 1 fully saturated rings. The minimum Gasteiger partial charge on any atom is -0.387 e. The fraction of sp³-hybridized carbons (Fsp3) is 0.600. The molecule has 2 aromatic heterocycles. The minimum absolute atomic E-state index is 0.297. The molecule has 37 heavy (non-hydrogen) atoms. The second-order valence-corrected chi connectivity index (χ2v) is 13.0. The summed E-state index contributed by atoms with van der Waals surface area (Å²) in [6.07, 6.45) is -1.08. The van der Waals surface area contributed by atoms with E-state index in [0.717, 1.165) is 5.56 Å². The van der Waals surface area contributed by atoms with Gasteiger partial charge in [-0.2, -0.15) is 8.78 Å². The van der Waals surface area contributed by atoms with Crippen LogP contribution in [0.25, 0.3) is 11.0 Å². The fourth-order valence-electron chi connectivity index (χ4n) is 3.73. The summed E-state index contributed by atoms with van der Waals surface area (Å²) >= 11 is 0. The Morgan fingerprint density at radius 3 is 2.65 bits per heavy atom. The van der Waals surface area contributed by atoms with Gasteiger partial charge in [0, 0.05) is 12.6 Å². The summed E-state index contributed by atoms with van der Waals surface area (Å²) in [4.78, 5) is 40.4. The Labute approximate surface area is 207 Å². The van der Waals surface area contributed by atoms with E-state index in [1.165, 1.54) is 17.8 Å². The standard InChI is InChI=1S/C15H23BF2N4O12P3/c1-14(24)10(23)8(5-32-37(16,30)34-36(28,29)15(17,18)35(25,26)27)33-13(14)22-4-7-2-3-31-21-11-9(7)12(22)20-6-19-11/h4,6,8,10,13,23-24H,2-3,5H2,1,16H3,(H,28,29)(H,19,20,21)(H2,25,26,27)/q-1/t8-,10-,13?,14-,37?/m1/s1. The van der Waals surface area contributed by atoms with Crippen LogP contribution in [0.4, 0.5) is 14.6 Å². The molecule has 2 aliphatic rings. The summed E-state index contributed by atoms with van der Waals surface area (Å²) in [5.41, 5.74) is 1.77. The molecule has 0 radical (unpaired) electrons. The Hall–Kier alpha value is -1.33. The first-order chi connectivity index (χ1) is 16.9. The van der Waals surface area contributed by atoms with Gasteiger partial charge in [-0.05, 0) is 12.5 Å². The summed E-state index contributed by atoms with van der Waals surface area (Å²) in [6, 6.07) is 0. The van der Waals surface area contributed by atoms with Crippen LogP contribution >= 0.6 is 22.7 Å². The van der Waals surface area contributed by atoms with E-state index in [-0.39, 0.29) is 0 Å². The number of aromatic nitrogens is 3. The molecule has 208 valence electrons. The van der Waals surface area contributed by atoms with E-state index in [9.17, 15) is 37.6 Å². The normalized spacial score (nSPS) is 29.9. The first-order valence-electron chi connectivity index (χ1n) is 9.92. The minimum atomic E-state index is -6.45. The van der Waals surface area contributed by atoms with Gasteiger partial charge in [0.2, 0.25) is 0 Å². The van der Waals surface area contributed by atoms with Crippen molar-refractivity contribution in [1.29, 1.82) is 0 Å². The van der Waals surface area contributed by atoms with E-state index in [0.29, 0.717) is 29.9 Å². The maximum atomic E-state index is 13.7. The van der Waals surface area contributed by atoms with Crippen molar-refractivity contribution < 1.29 is 65.8 Å². The van der Waals surface area contributed by atoms with Gasteiger partial charge in [0.15, 0.2) is 19.5 Å². The van der Waals surface area contributed by atoms with E-state index in [1.807, 2.05) is 0 Å². The molecular formula is C15H23BF2N4O12P3-. The Morgan fingerprint density at radius 1 is 1.32 bits per heavy atom. The van der Waals surface area contributed by atoms with Crippen molar-refractivity contribution >= 4 is 47.1 Å². The number of rotatable bonds is 8. The van der Waals surface area contributed by atoms with Crippen molar-refractivity contribution in [3.05, 3.63) is 18.1 Å². The Kier molecular flexibility index (Phi) is 7.29. The molecule has 6 N–H and O–H groups in total. The number of halogens is 2. The highest BCUT2D eigenvalue weighted by Gasteiger charge is 2.66. The second kappa shape index (κ2) is 9.40. The lowest BCUT2D eigenvalue weighted by Gasteiger charge is -2.29. The van der Waals surface area contributed by atoms with Crippen LogP contribution in [0.2, 0.25) is 0 Å². The molecule has 4 heterocycles. The van der Waals surface area contributed by atoms with Crippen molar-refractivity contribution in [2.45, 2.75) is 42.8 Å². The molecule has 2 aliphatic heterocycles. The summed E-state index contributed by atoms with van der Waals surface area (Å²) in [5.74, 6) is 0.368. The van der Waals surface area contributed by atoms with Gasteiger partial charge in [0.05, 0.1) is 26.2 Å². The zero-order chi connectivity index (χ0) is 27.6. The van der Waals surface area contributed by atoms with Gasteiger partial charge in [0.25, 0.3) is 0 Å². The molecule has 1 saturated heterocycles. The van der Waals surface area contributed by atoms with Crippen LogP contribution in [0.3, 0.4) is 0 Å². The number of hydrogen-bond donors (Lipinski definition) is 6. The molecule has 16 nitrogen and oxygen atoms in total. The molecule has 0 spiro atoms. The Bertz CT molecular complexity index is 1360. The van der Waals surface area contributed by atoms with Gasteiger partial charge in [0.1, 0.15) is 29.8 Å². The van der Waals surface area contributed by atoms with Gasteiger partial charge in [-0.15, -0.1) is 0 Å². The average Bonchev–Trinajstić information content (AvgIpc) is 3.13. The zero-order valence-electron chi connectivity index (χ0n) is 18.0. The Balaban J connectivity index is 1.55. The van der Waals surface area contributed by atoms with Crippen molar-refractivity contribution in [3.63, 3.8) is 0 Å². The molecule has 0 bridgehead atoms. The SMILES string of the molecule is [BH3-]P(=O)(OC[C@H]1OC(n2cc3c4c(ncnc42)NOCC3)[C@](C)(O)[C@@H]1O)OP(=O)(O)C(F)(F)P(=O)(O)O. The molecule has 22 heteroatoms. The van der Waals surface area contributed by atoms with Crippen LogP contribution in [0.1, 0.15) is 18.7 Å². The molecule has 0 amide bonds. The van der Waals surface area contributed by atoms with Crippen molar-refractivity contribution in [2.24, 2.45) is 0 Å². The Morgan fingerprint density at radius 2 is 2.00 bits per heavy atom. The number of aliphatic hydroxyl groups excluding tert-OH is 1. The number of aliphatic hydroxyl groups is 2. The van der Waals surface area contributed by atoms with Gasteiger partial charge < -0.3 is 43.3 Å². The number of anilines is 1. The fourth-order valence-corrected chi connectivity index (χ4v) is 6.95. The lowest BCUT2D eigenvalue weighted by atomic mass is 9.96. The third kappa shape index (κ3) is 5.04. The maximum Gasteiger partial charge on any atom is 0.444 e. The number of ether oxygens (including phenoxy) is 1. The number of nitrogens with one attached hydrogen (secondary N) is 1. The highest BCUT2D eigenvalue weighted by Crippen LogP contribution is 2.77. The first-order valence-corrected chi connectivity index (χ1v) is 14.2. The largest absolute Gasteiger partial charge is 0.444 e. The topological polar surface area (TPSA) is 232 Å². The van der Waals surface area contributed by atoms with Crippen LogP contribution in [-0.2, 0) is 38.5 Å². The summed E-state index contributed by atoms with van der Waals surface area (Å²) in [7, 11) is -19.3. The average molecular weight is 593 g/mol. The van der Waals surface area contributed by atoms with Gasteiger partial charge >= 0.3 is 20.6 Å². The van der Waals surface area contributed by atoms with Crippen molar-refractivity contribution in [3.8, 4) is 0 Å². The van der Waals surface area contributed by atoms with E-state index in [2.05, 4.69) is 19.8 Å². The van der Waals surface area contributed by atoms with Gasteiger partial charge in [-0.1, -0.05) is 0 Å². The smallest absolute Gasteiger partial charge is 0.387 e. The first kappa shape index (κ1) is 28.7. The quantitative estimate of drug-likeness (QED) is 0.171. The molecular weight excluding hydrogens is 570 g/mol. The third-order valence-corrected chi connectivity index (χ3v) is 10.2. The lowest BCUT2D eigenvalue weighted by molar-refractivity contribution is -0.0946. The summed E-state index contributed by atoms with van der Waals surface area (Å²) in [6.45, 7) is 0.707. The van der Waals surface area contributed by atoms with Crippen LogP contribution in [0.15, 0.2) is 12.5 Å². The van der Waals surface area contributed by atoms with E-state index < -0.39 is 66.3 Å². The van der Waals surface area contributed by atoms with Crippen LogP contribution in [-0.4, -0.2) is 83.4 Å². The van der Waals surface area contributed by atoms with Gasteiger partial charge in [-0.25, -0.2) is 15.4 Å². The summed E-state index contributed by atoms with van der Waals surface area (Å²) in [5, 5.41) is 16.8. The van der Waals surface area contributed by atoms with E-state index in [4.69, 9.17) is 23.9 Å². The van der Waals surface area contributed by atoms with Gasteiger partial charge in [-0.3, -0.25) is 18.3 Å². The molecule has 2 aromatic rings. The monoisotopic (exact) mass is 593 g/mol. The zero-order valence-corrected chi connectivity index (χ0v) is 20.7. The molecule has 0 aliphatic carbocycles. The van der Waals surface area contributed by atoms with E-state index >= 15 is 0 Å². The molecule has 4 rings (SSSR count). The molecule has 3 unspecified atom stereocenters. The predicted octanol–water partition coefficient (Wildman–Crippen LogP) is -0.240. The maximum absolute atomic E-state index is 13.7. The second-order valence-electron chi connectivity index (χ2n) is 8.06. The molecule has 0 aromatic carbocycles. The third-order valence-electron chi connectivity index (χ3n) is 5.55. The van der Waals surface area contributed by atoms with Crippen molar-refractivity contribution in [1.82, 2.24) is 14.5 Å². The predicted molar refractivity (Wildman–Crippen MR) is 123 cm³/mol. The van der Waals surface area contributed by atoms with Crippen LogP contribution < -0.4 is 5.48 Å². The molecule has 0 saturated carbocycles. The molecule has 6 atom stereocenters. The number of nitrogens with zero attached hydrogens (tertiary/aromatic N) is 3. The van der Waals surface area contributed by atoms with Crippen molar-refractivity contribution in [2.75, 3.05) is 18.7 Å². The van der Waals surface area contributed by atoms with Crippen LogP contribution in [0.5, 0.6) is 0 Å².